The normalized spacial score (nSPS) is 23.1. The summed E-state index contributed by atoms with van der Waals surface area (Å²) in [6.45, 7) is 1.98. The summed E-state index contributed by atoms with van der Waals surface area (Å²) in [6, 6.07) is 11.3. The van der Waals surface area contributed by atoms with Crippen LogP contribution in [0, 0.1) is 6.92 Å². The van der Waals surface area contributed by atoms with E-state index in [1.807, 2.05) is 6.92 Å². The first-order valence-corrected chi connectivity index (χ1v) is 6.74. The van der Waals surface area contributed by atoms with E-state index < -0.39 is 0 Å². The van der Waals surface area contributed by atoms with Gasteiger partial charge in [0.2, 0.25) is 5.13 Å². The maximum Gasteiger partial charge on any atom is 0.205 e. The molecule has 0 saturated heterocycles. The summed E-state index contributed by atoms with van der Waals surface area (Å²) in [6.07, 6.45) is 2.39. The molecule has 0 radical (unpaired) electrons. The Morgan fingerprint density at radius 2 is 1.94 bits per heavy atom. The SMILES string of the molecule is Cc1nnc(NC2CC(c3ccccc3)C2)s1. The second kappa shape index (κ2) is 4.45. The largest absolute Gasteiger partial charge is 0.357 e. The zero-order chi connectivity index (χ0) is 11.7. The molecule has 88 valence electrons. The number of nitrogens with zero attached hydrogens (tertiary/aromatic N) is 2. The van der Waals surface area contributed by atoms with E-state index in [0.29, 0.717) is 12.0 Å². The van der Waals surface area contributed by atoms with Crippen LogP contribution in [0.3, 0.4) is 0 Å². The van der Waals surface area contributed by atoms with Gasteiger partial charge in [-0.3, -0.25) is 0 Å². The molecular weight excluding hydrogens is 230 g/mol. The molecule has 0 bridgehead atoms. The van der Waals surface area contributed by atoms with E-state index in [-0.39, 0.29) is 0 Å². The van der Waals surface area contributed by atoms with Gasteiger partial charge in [0.1, 0.15) is 5.01 Å². The molecular formula is C13H15N3S. The number of aromatic nitrogens is 2. The highest BCUT2D eigenvalue weighted by Crippen LogP contribution is 2.38. The van der Waals surface area contributed by atoms with Crippen LogP contribution >= 0.6 is 11.3 Å². The molecule has 1 heterocycles. The molecule has 1 aliphatic carbocycles. The average molecular weight is 245 g/mol. The van der Waals surface area contributed by atoms with Crippen molar-refractivity contribution in [3.05, 3.63) is 40.9 Å². The van der Waals surface area contributed by atoms with Gasteiger partial charge in [-0.15, -0.1) is 10.2 Å². The number of aryl methyl sites for hydroxylation is 1. The van der Waals surface area contributed by atoms with Crippen molar-refractivity contribution in [1.82, 2.24) is 10.2 Å². The van der Waals surface area contributed by atoms with Crippen LogP contribution in [0.5, 0.6) is 0 Å². The molecule has 3 rings (SSSR count). The second-order valence-corrected chi connectivity index (χ2v) is 5.73. The highest BCUT2D eigenvalue weighted by Gasteiger charge is 2.30. The summed E-state index contributed by atoms with van der Waals surface area (Å²) in [5.41, 5.74) is 1.46. The van der Waals surface area contributed by atoms with E-state index in [4.69, 9.17) is 0 Å². The Morgan fingerprint density at radius 1 is 1.18 bits per heavy atom. The van der Waals surface area contributed by atoms with Crippen LogP contribution in [0.15, 0.2) is 30.3 Å². The third-order valence-electron chi connectivity index (χ3n) is 3.26. The van der Waals surface area contributed by atoms with E-state index in [1.54, 1.807) is 11.3 Å². The van der Waals surface area contributed by atoms with Gasteiger partial charge in [0.05, 0.1) is 0 Å². The van der Waals surface area contributed by atoms with Gasteiger partial charge in [0, 0.05) is 6.04 Å². The Bertz CT molecular complexity index is 488. The lowest BCUT2D eigenvalue weighted by molar-refractivity contribution is 0.374. The summed E-state index contributed by atoms with van der Waals surface area (Å²) < 4.78 is 0. The van der Waals surface area contributed by atoms with Crippen molar-refractivity contribution in [3.63, 3.8) is 0 Å². The van der Waals surface area contributed by atoms with Crippen molar-refractivity contribution >= 4 is 16.5 Å². The Balaban J connectivity index is 1.55. The molecule has 0 atom stereocenters. The van der Waals surface area contributed by atoms with Crippen LogP contribution in [0.1, 0.15) is 29.3 Å². The number of hydrogen-bond acceptors (Lipinski definition) is 4. The lowest BCUT2D eigenvalue weighted by Crippen LogP contribution is -2.33. The zero-order valence-electron chi connectivity index (χ0n) is 9.76. The van der Waals surface area contributed by atoms with E-state index in [0.717, 1.165) is 10.1 Å². The summed E-state index contributed by atoms with van der Waals surface area (Å²) in [4.78, 5) is 0. The molecule has 1 saturated carbocycles. The number of hydrogen-bond donors (Lipinski definition) is 1. The third-order valence-corrected chi connectivity index (χ3v) is 4.03. The molecule has 1 fully saturated rings. The molecule has 0 amide bonds. The van der Waals surface area contributed by atoms with Gasteiger partial charge in [-0.25, -0.2) is 0 Å². The molecule has 0 unspecified atom stereocenters. The summed E-state index contributed by atoms with van der Waals surface area (Å²) in [5, 5.41) is 13.5. The Kier molecular flexibility index (Phi) is 2.81. The highest BCUT2D eigenvalue weighted by molar-refractivity contribution is 7.15. The number of benzene rings is 1. The zero-order valence-corrected chi connectivity index (χ0v) is 10.6. The maximum atomic E-state index is 4.09. The van der Waals surface area contributed by atoms with Crippen LogP contribution in [0.2, 0.25) is 0 Å². The van der Waals surface area contributed by atoms with Gasteiger partial charge in [0.25, 0.3) is 0 Å². The quantitative estimate of drug-likeness (QED) is 0.902. The smallest absolute Gasteiger partial charge is 0.205 e. The summed E-state index contributed by atoms with van der Waals surface area (Å²) in [5.74, 6) is 0.711. The Hall–Kier alpha value is -1.42. The van der Waals surface area contributed by atoms with Gasteiger partial charge >= 0.3 is 0 Å². The van der Waals surface area contributed by atoms with Gasteiger partial charge < -0.3 is 5.32 Å². The minimum atomic E-state index is 0.563. The molecule has 2 aromatic rings. The third kappa shape index (κ3) is 2.31. The lowest BCUT2D eigenvalue weighted by Gasteiger charge is -2.36. The fourth-order valence-electron chi connectivity index (χ4n) is 2.26. The molecule has 1 aliphatic rings. The Morgan fingerprint density at radius 3 is 2.59 bits per heavy atom. The number of nitrogens with one attached hydrogen (secondary N) is 1. The minimum absolute atomic E-state index is 0.563. The van der Waals surface area contributed by atoms with Gasteiger partial charge in [-0.05, 0) is 31.2 Å². The molecule has 1 aromatic carbocycles. The van der Waals surface area contributed by atoms with Crippen LogP contribution in [0.4, 0.5) is 5.13 Å². The van der Waals surface area contributed by atoms with Crippen molar-refractivity contribution in [3.8, 4) is 0 Å². The fraction of sp³-hybridized carbons (Fsp3) is 0.385. The fourth-order valence-corrected chi connectivity index (χ4v) is 2.93. The van der Waals surface area contributed by atoms with Crippen molar-refractivity contribution in [2.24, 2.45) is 0 Å². The van der Waals surface area contributed by atoms with Crippen LogP contribution < -0.4 is 5.32 Å². The number of anilines is 1. The van der Waals surface area contributed by atoms with E-state index in [2.05, 4.69) is 45.8 Å². The van der Waals surface area contributed by atoms with Crippen LogP contribution in [-0.2, 0) is 0 Å². The molecule has 1 N–H and O–H groups in total. The standard InChI is InChI=1S/C13H15N3S/c1-9-15-16-13(17-9)14-12-7-11(8-12)10-5-3-2-4-6-10/h2-6,11-12H,7-8H2,1H3,(H,14,16). The molecule has 0 aliphatic heterocycles. The van der Waals surface area contributed by atoms with Crippen molar-refractivity contribution in [1.29, 1.82) is 0 Å². The van der Waals surface area contributed by atoms with Crippen LogP contribution in [0.25, 0.3) is 0 Å². The van der Waals surface area contributed by atoms with E-state index in [1.165, 1.54) is 18.4 Å². The summed E-state index contributed by atoms with van der Waals surface area (Å²) >= 11 is 1.63. The second-order valence-electron chi connectivity index (χ2n) is 4.55. The molecule has 17 heavy (non-hydrogen) atoms. The highest BCUT2D eigenvalue weighted by atomic mass is 32.1. The average Bonchev–Trinajstić information content (AvgIpc) is 2.70. The predicted octanol–water partition coefficient (Wildman–Crippen LogP) is 3.20. The first-order valence-electron chi connectivity index (χ1n) is 5.93. The van der Waals surface area contributed by atoms with Gasteiger partial charge in [-0.1, -0.05) is 41.7 Å². The van der Waals surface area contributed by atoms with Crippen molar-refractivity contribution in [2.45, 2.75) is 31.7 Å². The van der Waals surface area contributed by atoms with Crippen molar-refractivity contribution < 1.29 is 0 Å². The summed E-state index contributed by atoms with van der Waals surface area (Å²) in [7, 11) is 0. The monoisotopic (exact) mass is 245 g/mol. The first kappa shape index (κ1) is 10.7. The topological polar surface area (TPSA) is 37.8 Å². The maximum absolute atomic E-state index is 4.09. The molecule has 4 heteroatoms. The minimum Gasteiger partial charge on any atom is -0.357 e. The number of rotatable bonds is 3. The Labute approximate surface area is 105 Å². The molecule has 1 aromatic heterocycles. The van der Waals surface area contributed by atoms with Crippen molar-refractivity contribution in [2.75, 3.05) is 5.32 Å². The molecule has 3 nitrogen and oxygen atoms in total. The van der Waals surface area contributed by atoms with E-state index >= 15 is 0 Å². The predicted molar refractivity (Wildman–Crippen MR) is 70.5 cm³/mol. The van der Waals surface area contributed by atoms with Gasteiger partial charge in [-0.2, -0.15) is 0 Å². The lowest BCUT2D eigenvalue weighted by atomic mass is 9.76. The molecule has 0 spiro atoms. The van der Waals surface area contributed by atoms with Crippen LogP contribution in [-0.4, -0.2) is 16.2 Å². The first-order chi connectivity index (χ1) is 8.31. The van der Waals surface area contributed by atoms with Gasteiger partial charge in [0.15, 0.2) is 0 Å². The van der Waals surface area contributed by atoms with E-state index in [9.17, 15) is 0 Å².